The van der Waals surface area contributed by atoms with Gasteiger partial charge < -0.3 is 5.43 Å². The quantitative estimate of drug-likeness (QED) is 0.555. The van der Waals surface area contributed by atoms with Crippen LogP contribution in [-0.4, -0.2) is 4.98 Å². The van der Waals surface area contributed by atoms with Gasteiger partial charge in [0.1, 0.15) is 5.01 Å². The summed E-state index contributed by atoms with van der Waals surface area (Å²) in [6, 6.07) is 16.1. The van der Waals surface area contributed by atoms with Crippen LogP contribution >= 0.6 is 23.7 Å². The molecule has 0 aliphatic rings. The van der Waals surface area contributed by atoms with Crippen LogP contribution in [0.2, 0.25) is 0 Å². The molecule has 0 aliphatic carbocycles. The Balaban J connectivity index is 0.00000120. The van der Waals surface area contributed by atoms with Gasteiger partial charge in [0.2, 0.25) is 0 Å². The average Bonchev–Trinajstić information content (AvgIpc) is 2.82. The van der Waals surface area contributed by atoms with Crippen LogP contribution < -0.4 is 11.3 Å². The molecule has 0 spiro atoms. The number of anilines is 1. The van der Waals surface area contributed by atoms with Gasteiger partial charge in [-0.25, -0.2) is 4.98 Å². The maximum atomic E-state index is 5.34. The number of halogens is 1. The molecule has 0 amide bonds. The van der Waals surface area contributed by atoms with Gasteiger partial charge in [-0.05, 0) is 36.4 Å². The molecule has 0 saturated carbocycles. The van der Waals surface area contributed by atoms with Crippen molar-refractivity contribution in [2.24, 2.45) is 5.84 Å². The first-order chi connectivity index (χ1) is 8.36. The maximum absolute atomic E-state index is 5.34. The lowest BCUT2D eigenvalue weighted by Crippen LogP contribution is -2.05. The molecule has 5 heteroatoms. The minimum absolute atomic E-state index is 0. The number of hydrogen-bond acceptors (Lipinski definition) is 4. The smallest absolute Gasteiger partial charge is 0.124 e. The van der Waals surface area contributed by atoms with Gasteiger partial charge in [-0.3, -0.25) is 5.84 Å². The number of nitrogens with zero attached hydrogens (tertiary/aromatic N) is 1. The van der Waals surface area contributed by atoms with Gasteiger partial charge in [0.25, 0.3) is 0 Å². The van der Waals surface area contributed by atoms with E-state index < -0.39 is 0 Å². The van der Waals surface area contributed by atoms with Gasteiger partial charge >= 0.3 is 0 Å². The summed E-state index contributed by atoms with van der Waals surface area (Å²) in [6.45, 7) is 0. The summed E-state index contributed by atoms with van der Waals surface area (Å²) in [7, 11) is 0. The minimum atomic E-state index is 0. The summed E-state index contributed by atoms with van der Waals surface area (Å²) >= 11 is 1.70. The maximum Gasteiger partial charge on any atom is 0.124 e. The zero-order valence-corrected chi connectivity index (χ0v) is 11.1. The van der Waals surface area contributed by atoms with E-state index in [0.29, 0.717) is 0 Å². The number of thiazole rings is 1. The van der Waals surface area contributed by atoms with Gasteiger partial charge in [0.15, 0.2) is 0 Å². The van der Waals surface area contributed by atoms with E-state index in [1.165, 1.54) is 4.70 Å². The standard InChI is InChI=1S/C13H11N3S.ClH/c14-16-10-7-5-9(6-8-10)13-15-11-3-1-2-4-12(11)17-13;/h1-8,16H,14H2;1H. The zero-order valence-electron chi connectivity index (χ0n) is 9.46. The van der Waals surface area contributed by atoms with Crippen molar-refractivity contribution in [3.8, 4) is 10.6 Å². The molecule has 3 nitrogen and oxygen atoms in total. The summed E-state index contributed by atoms with van der Waals surface area (Å²) < 4.78 is 1.21. The van der Waals surface area contributed by atoms with E-state index in [9.17, 15) is 0 Å². The second kappa shape index (κ2) is 5.35. The topological polar surface area (TPSA) is 50.9 Å². The number of benzene rings is 2. The highest BCUT2D eigenvalue weighted by Crippen LogP contribution is 2.30. The van der Waals surface area contributed by atoms with Crippen LogP contribution in [-0.2, 0) is 0 Å². The highest BCUT2D eigenvalue weighted by Gasteiger charge is 2.05. The molecule has 0 atom stereocenters. The molecule has 92 valence electrons. The molecule has 3 rings (SSSR count). The zero-order chi connectivity index (χ0) is 11.7. The Hall–Kier alpha value is -1.62. The summed E-state index contributed by atoms with van der Waals surface area (Å²) in [5.41, 5.74) is 5.68. The van der Waals surface area contributed by atoms with Crippen molar-refractivity contribution in [1.29, 1.82) is 0 Å². The minimum Gasteiger partial charge on any atom is -0.324 e. The van der Waals surface area contributed by atoms with E-state index in [2.05, 4.69) is 16.5 Å². The Morgan fingerprint density at radius 2 is 1.72 bits per heavy atom. The SMILES string of the molecule is Cl.NNc1ccc(-c2nc3ccccc3s2)cc1. The molecule has 0 saturated heterocycles. The fourth-order valence-corrected chi connectivity index (χ4v) is 2.68. The lowest BCUT2D eigenvalue weighted by atomic mass is 10.2. The summed E-state index contributed by atoms with van der Waals surface area (Å²) in [5.74, 6) is 5.34. The normalized spacial score (nSPS) is 10.1. The molecule has 0 unspecified atom stereocenters. The summed E-state index contributed by atoms with van der Waals surface area (Å²) in [6.07, 6.45) is 0. The number of aromatic nitrogens is 1. The Morgan fingerprint density at radius 1 is 1.00 bits per heavy atom. The van der Waals surface area contributed by atoms with Crippen LogP contribution in [0.1, 0.15) is 0 Å². The van der Waals surface area contributed by atoms with Gasteiger partial charge in [0, 0.05) is 11.3 Å². The number of hydrogen-bond donors (Lipinski definition) is 2. The Morgan fingerprint density at radius 3 is 2.39 bits per heavy atom. The van der Waals surface area contributed by atoms with Crippen LogP contribution in [0.3, 0.4) is 0 Å². The molecule has 18 heavy (non-hydrogen) atoms. The largest absolute Gasteiger partial charge is 0.324 e. The lowest BCUT2D eigenvalue weighted by molar-refractivity contribution is 1.35. The summed E-state index contributed by atoms with van der Waals surface area (Å²) in [4.78, 5) is 4.61. The van der Waals surface area contributed by atoms with Crippen molar-refractivity contribution in [3.05, 3.63) is 48.5 Å². The van der Waals surface area contributed by atoms with E-state index in [4.69, 9.17) is 5.84 Å². The Labute approximate surface area is 115 Å². The number of nitrogens with one attached hydrogen (secondary N) is 1. The molecule has 2 aromatic carbocycles. The van der Waals surface area contributed by atoms with Crippen LogP contribution in [0.25, 0.3) is 20.8 Å². The van der Waals surface area contributed by atoms with Crippen LogP contribution in [0.4, 0.5) is 5.69 Å². The van der Waals surface area contributed by atoms with Crippen molar-refractivity contribution in [3.63, 3.8) is 0 Å². The van der Waals surface area contributed by atoms with Crippen molar-refractivity contribution >= 4 is 39.6 Å². The molecule has 0 bridgehead atoms. The van der Waals surface area contributed by atoms with Crippen molar-refractivity contribution in [2.45, 2.75) is 0 Å². The molecule has 3 N–H and O–H groups in total. The van der Waals surface area contributed by atoms with E-state index in [1.54, 1.807) is 11.3 Å². The third-order valence-corrected chi connectivity index (χ3v) is 3.68. The molecular weight excluding hydrogens is 266 g/mol. The lowest BCUT2D eigenvalue weighted by Gasteiger charge is -2.00. The van der Waals surface area contributed by atoms with Gasteiger partial charge in [-0.2, -0.15) is 0 Å². The van der Waals surface area contributed by atoms with Gasteiger partial charge in [-0.15, -0.1) is 23.7 Å². The first-order valence-corrected chi connectivity index (χ1v) is 6.11. The van der Waals surface area contributed by atoms with Gasteiger partial charge in [0.05, 0.1) is 10.2 Å². The van der Waals surface area contributed by atoms with E-state index in [1.807, 2.05) is 42.5 Å². The van der Waals surface area contributed by atoms with Gasteiger partial charge in [-0.1, -0.05) is 12.1 Å². The predicted molar refractivity (Wildman–Crippen MR) is 80.1 cm³/mol. The number of rotatable bonds is 2. The van der Waals surface area contributed by atoms with E-state index in [-0.39, 0.29) is 12.4 Å². The second-order valence-corrected chi connectivity index (χ2v) is 4.74. The van der Waals surface area contributed by atoms with Crippen molar-refractivity contribution in [2.75, 3.05) is 5.43 Å². The third kappa shape index (κ3) is 2.31. The molecule has 0 fully saturated rings. The fourth-order valence-electron chi connectivity index (χ4n) is 1.70. The summed E-state index contributed by atoms with van der Waals surface area (Å²) in [5, 5.41) is 1.04. The van der Waals surface area contributed by atoms with Crippen LogP contribution in [0.15, 0.2) is 48.5 Å². The fraction of sp³-hybridized carbons (Fsp3) is 0. The molecule has 1 aromatic heterocycles. The number of fused-ring (bicyclic) bond motifs is 1. The van der Waals surface area contributed by atoms with Crippen molar-refractivity contribution < 1.29 is 0 Å². The van der Waals surface area contributed by atoms with Crippen molar-refractivity contribution in [1.82, 2.24) is 4.98 Å². The average molecular weight is 278 g/mol. The van der Waals surface area contributed by atoms with Crippen LogP contribution in [0.5, 0.6) is 0 Å². The molecule has 1 heterocycles. The van der Waals surface area contributed by atoms with Crippen LogP contribution in [0, 0.1) is 0 Å². The Bertz CT molecular complexity index is 616. The number of para-hydroxylation sites is 1. The monoisotopic (exact) mass is 277 g/mol. The first-order valence-electron chi connectivity index (χ1n) is 5.29. The molecule has 0 aliphatic heterocycles. The van der Waals surface area contributed by atoms with E-state index >= 15 is 0 Å². The third-order valence-electron chi connectivity index (χ3n) is 2.59. The van der Waals surface area contributed by atoms with E-state index in [0.717, 1.165) is 21.8 Å². The predicted octanol–water partition coefficient (Wildman–Crippen LogP) is 3.67. The second-order valence-electron chi connectivity index (χ2n) is 3.71. The number of nitrogens with two attached hydrogens (primary N) is 1. The number of hydrazine groups is 1. The highest BCUT2D eigenvalue weighted by atomic mass is 35.5. The highest BCUT2D eigenvalue weighted by molar-refractivity contribution is 7.21. The molecular formula is C13H12ClN3S. The molecule has 3 aromatic rings. The molecule has 0 radical (unpaired) electrons. The Kier molecular flexibility index (Phi) is 3.81. The first kappa shape index (κ1) is 12.8. The number of nitrogen functional groups attached to an aromatic ring is 1.